The number of amides is 3. The molecule has 126 valence electrons. The molecular formula is C15H18F3N3O2. The van der Waals surface area contributed by atoms with Gasteiger partial charge in [0.25, 0.3) is 0 Å². The molecule has 0 aromatic heterocycles. The molecule has 0 saturated carbocycles. The molecule has 3 amide bonds. The number of rotatable bonds is 4. The van der Waals surface area contributed by atoms with E-state index in [2.05, 4.69) is 5.32 Å². The lowest BCUT2D eigenvalue weighted by atomic mass is 9.99. The monoisotopic (exact) mass is 329 g/mol. The predicted octanol–water partition coefficient (Wildman–Crippen LogP) is 2.07. The molecule has 0 aliphatic carbocycles. The van der Waals surface area contributed by atoms with Gasteiger partial charge in [-0.05, 0) is 12.5 Å². The van der Waals surface area contributed by atoms with Crippen LogP contribution in [0.5, 0.6) is 0 Å². The number of nitrogens with one attached hydrogen (secondary N) is 2. The molecule has 1 unspecified atom stereocenters. The second kappa shape index (κ2) is 6.89. The summed E-state index contributed by atoms with van der Waals surface area (Å²) in [5, 5.41) is 4.62. The van der Waals surface area contributed by atoms with Gasteiger partial charge in [0.1, 0.15) is 0 Å². The number of halogens is 3. The third-order valence-corrected chi connectivity index (χ3v) is 3.62. The second-order valence-corrected chi connectivity index (χ2v) is 5.33. The highest BCUT2D eigenvalue weighted by atomic mass is 19.4. The maximum atomic E-state index is 13.2. The number of hydrogen-bond donors (Lipinski definition) is 2. The highest BCUT2D eigenvalue weighted by molar-refractivity contribution is 5.84. The van der Waals surface area contributed by atoms with E-state index in [1.807, 2.05) is 5.32 Å². The minimum atomic E-state index is -4.60. The summed E-state index contributed by atoms with van der Waals surface area (Å²) in [4.78, 5) is 24.7. The Labute approximate surface area is 131 Å². The van der Waals surface area contributed by atoms with Crippen molar-refractivity contribution in [2.75, 3.05) is 19.6 Å². The van der Waals surface area contributed by atoms with Gasteiger partial charge >= 0.3 is 12.2 Å². The fraction of sp³-hybridized carbons (Fsp3) is 0.467. The van der Waals surface area contributed by atoms with Gasteiger partial charge in [-0.1, -0.05) is 30.3 Å². The van der Waals surface area contributed by atoms with Crippen molar-refractivity contribution in [1.82, 2.24) is 15.5 Å². The van der Waals surface area contributed by atoms with Crippen molar-refractivity contribution in [3.05, 3.63) is 35.9 Å². The third kappa shape index (κ3) is 4.14. The van der Waals surface area contributed by atoms with Crippen LogP contribution in [0.1, 0.15) is 18.5 Å². The number of alkyl halides is 3. The molecule has 23 heavy (non-hydrogen) atoms. The van der Waals surface area contributed by atoms with Crippen LogP contribution in [0.25, 0.3) is 0 Å². The average Bonchev–Trinajstić information content (AvgIpc) is 2.43. The maximum Gasteiger partial charge on any atom is 0.412 e. The lowest BCUT2D eigenvalue weighted by molar-refractivity contribution is -0.156. The topological polar surface area (TPSA) is 61.4 Å². The molecule has 1 aromatic carbocycles. The normalized spacial score (nSPS) is 16.4. The summed E-state index contributed by atoms with van der Waals surface area (Å²) in [6.45, 7) is 2.49. The predicted molar refractivity (Wildman–Crippen MR) is 77.5 cm³/mol. The van der Waals surface area contributed by atoms with Crippen LogP contribution in [0, 0.1) is 5.92 Å². The molecule has 0 bridgehead atoms. The van der Waals surface area contributed by atoms with Crippen LogP contribution in [-0.2, 0) is 4.79 Å². The van der Waals surface area contributed by atoms with Crippen LogP contribution in [0.2, 0.25) is 0 Å². The summed E-state index contributed by atoms with van der Waals surface area (Å²) in [5.74, 6) is -0.547. The summed E-state index contributed by atoms with van der Waals surface area (Å²) in [6.07, 6.45) is -4.60. The number of urea groups is 1. The Hall–Kier alpha value is -2.25. The second-order valence-electron chi connectivity index (χ2n) is 5.33. The first-order valence-corrected chi connectivity index (χ1v) is 7.27. The van der Waals surface area contributed by atoms with Gasteiger partial charge in [-0.2, -0.15) is 13.2 Å². The molecule has 1 aliphatic rings. The summed E-state index contributed by atoms with van der Waals surface area (Å²) in [6, 6.07) is 4.30. The van der Waals surface area contributed by atoms with Gasteiger partial charge < -0.3 is 15.5 Å². The first-order valence-electron chi connectivity index (χ1n) is 7.27. The highest BCUT2D eigenvalue weighted by Gasteiger charge is 2.44. The zero-order valence-electron chi connectivity index (χ0n) is 12.6. The highest BCUT2D eigenvalue weighted by Crippen LogP contribution is 2.33. The molecular weight excluding hydrogens is 311 g/mol. The van der Waals surface area contributed by atoms with E-state index in [1.54, 1.807) is 13.0 Å². The number of benzene rings is 1. The van der Waals surface area contributed by atoms with Crippen molar-refractivity contribution in [1.29, 1.82) is 0 Å². The SMILES string of the molecule is CCNC(=O)C1CN(C(=O)NC(c2ccccc2)C(F)(F)F)C1. The van der Waals surface area contributed by atoms with Crippen LogP contribution in [0.3, 0.4) is 0 Å². The van der Waals surface area contributed by atoms with Crippen molar-refractivity contribution in [2.45, 2.75) is 19.1 Å². The van der Waals surface area contributed by atoms with Crippen LogP contribution in [-0.4, -0.2) is 42.6 Å². The molecule has 5 nitrogen and oxygen atoms in total. The van der Waals surface area contributed by atoms with Gasteiger partial charge in [-0.3, -0.25) is 4.79 Å². The van der Waals surface area contributed by atoms with Gasteiger partial charge in [0.15, 0.2) is 6.04 Å². The molecule has 2 rings (SSSR count). The largest absolute Gasteiger partial charge is 0.412 e. The molecule has 1 atom stereocenters. The molecule has 1 heterocycles. The summed E-state index contributed by atoms with van der Waals surface area (Å²) >= 11 is 0. The van der Waals surface area contributed by atoms with E-state index in [1.165, 1.54) is 29.2 Å². The van der Waals surface area contributed by atoms with E-state index < -0.39 is 18.2 Å². The fourth-order valence-corrected chi connectivity index (χ4v) is 2.34. The zero-order chi connectivity index (χ0) is 17.0. The summed E-state index contributed by atoms with van der Waals surface area (Å²) < 4.78 is 39.5. The molecule has 1 aliphatic heterocycles. The van der Waals surface area contributed by atoms with E-state index in [0.717, 1.165) is 0 Å². The van der Waals surface area contributed by atoms with E-state index in [0.29, 0.717) is 6.54 Å². The first-order chi connectivity index (χ1) is 10.8. The smallest absolute Gasteiger partial charge is 0.356 e. The summed E-state index contributed by atoms with van der Waals surface area (Å²) in [5.41, 5.74) is -0.0332. The summed E-state index contributed by atoms with van der Waals surface area (Å²) in [7, 11) is 0. The van der Waals surface area contributed by atoms with Crippen molar-refractivity contribution < 1.29 is 22.8 Å². The van der Waals surface area contributed by atoms with Crippen molar-refractivity contribution in [3.63, 3.8) is 0 Å². The standard InChI is InChI=1S/C15H18F3N3O2/c1-2-19-13(22)11-8-21(9-11)14(23)20-12(15(16,17)18)10-6-4-3-5-7-10/h3-7,11-12H,2,8-9H2,1H3,(H,19,22)(H,20,23). The molecule has 2 N–H and O–H groups in total. The van der Waals surface area contributed by atoms with E-state index >= 15 is 0 Å². The number of nitrogens with zero attached hydrogens (tertiary/aromatic N) is 1. The van der Waals surface area contributed by atoms with E-state index in [-0.39, 0.29) is 30.5 Å². The Balaban J connectivity index is 1.97. The van der Waals surface area contributed by atoms with E-state index in [4.69, 9.17) is 0 Å². The Morgan fingerprint density at radius 1 is 1.26 bits per heavy atom. The molecule has 1 fully saturated rings. The van der Waals surface area contributed by atoms with Gasteiger partial charge in [0.05, 0.1) is 5.92 Å². The molecule has 1 aromatic rings. The van der Waals surface area contributed by atoms with Crippen LogP contribution in [0.4, 0.5) is 18.0 Å². The fourth-order valence-electron chi connectivity index (χ4n) is 2.34. The quantitative estimate of drug-likeness (QED) is 0.888. The Morgan fingerprint density at radius 2 is 1.87 bits per heavy atom. The van der Waals surface area contributed by atoms with Gasteiger partial charge in [0, 0.05) is 19.6 Å². The Kier molecular flexibility index (Phi) is 5.12. The third-order valence-electron chi connectivity index (χ3n) is 3.62. The molecule has 1 saturated heterocycles. The maximum absolute atomic E-state index is 13.2. The first kappa shape index (κ1) is 17.1. The Bertz CT molecular complexity index is 557. The Morgan fingerprint density at radius 3 is 2.39 bits per heavy atom. The number of hydrogen-bond acceptors (Lipinski definition) is 2. The number of carbonyl (C=O) groups excluding carboxylic acids is 2. The lowest BCUT2D eigenvalue weighted by Gasteiger charge is -2.39. The van der Waals surface area contributed by atoms with Gasteiger partial charge in [0.2, 0.25) is 5.91 Å². The number of likely N-dealkylation sites (tertiary alicyclic amines) is 1. The van der Waals surface area contributed by atoms with E-state index in [9.17, 15) is 22.8 Å². The lowest BCUT2D eigenvalue weighted by Crippen LogP contribution is -2.59. The van der Waals surface area contributed by atoms with Crippen LogP contribution in [0.15, 0.2) is 30.3 Å². The van der Waals surface area contributed by atoms with Gasteiger partial charge in [-0.25, -0.2) is 4.79 Å². The zero-order valence-corrected chi connectivity index (χ0v) is 12.6. The number of carbonyl (C=O) groups is 2. The van der Waals surface area contributed by atoms with Crippen molar-refractivity contribution in [3.8, 4) is 0 Å². The van der Waals surface area contributed by atoms with Crippen LogP contribution < -0.4 is 10.6 Å². The molecule has 0 spiro atoms. The van der Waals surface area contributed by atoms with Crippen molar-refractivity contribution in [2.24, 2.45) is 5.92 Å². The van der Waals surface area contributed by atoms with Gasteiger partial charge in [-0.15, -0.1) is 0 Å². The average molecular weight is 329 g/mol. The molecule has 0 radical (unpaired) electrons. The minimum Gasteiger partial charge on any atom is -0.356 e. The van der Waals surface area contributed by atoms with Crippen molar-refractivity contribution >= 4 is 11.9 Å². The minimum absolute atomic E-state index is 0.0332. The molecule has 8 heteroatoms. The van der Waals surface area contributed by atoms with Crippen LogP contribution >= 0.6 is 0 Å².